The highest BCUT2D eigenvalue weighted by atomic mass is 16.5. The van der Waals surface area contributed by atoms with Crippen LogP contribution in [0, 0.1) is 71.0 Å². The Morgan fingerprint density at radius 1 is 0.375 bits per heavy atom. The lowest BCUT2D eigenvalue weighted by molar-refractivity contribution is 0.0488. The van der Waals surface area contributed by atoms with Gasteiger partial charge < -0.3 is 9.47 Å². The second-order valence-corrected chi connectivity index (χ2v) is 11.1. The Morgan fingerprint density at radius 3 is 1.02 bits per heavy atom. The van der Waals surface area contributed by atoms with Gasteiger partial charge >= 0.3 is 11.9 Å². The zero-order chi connectivity index (χ0) is 34.0. The second-order valence-electron chi connectivity index (χ2n) is 11.1. The summed E-state index contributed by atoms with van der Waals surface area (Å²) >= 11 is 0. The van der Waals surface area contributed by atoms with Crippen molar-refractivity contribution in [1.29, 1.82) is 0 Å². The van der Waals surface area contributed by atoms with Gasteiger partial charge in [0.25, 0.3) is 0 Å². The van der Waals surface area contributed by atoms with Crippen molar-refractivity contribution in [3.05, 3.63) is 71.8 Å². The third-order valence-electron chi connectivity index (χ3n) is 7.12. The van der Waals surface area contributed by atoms with Crippen LogP contribution in [-0.4, -0.2) is 25.2 Å². The predicted molar refractivity (Wildman–Crippen MR) is 194 cm³/mol. The Kier molecular flexibility index (Phi) is 23.6. The molecule has 4 nitrogen and oxygen atoms in total. The van der Waals surface area contributed by atoms with Crippen LogP contribution < -0.4 is 0 Å². The number of esters is 2. The van der Waals surface area contributed by atoms with Gasteiger partial charge in [0.2, 0.25) is 0 Å². The molecule has 0 aliphatic carbocycles. The minimum Gasteiger partial charge on any atom is -0.462 e. The fraction of sp³-hybridized carbons (Fsp3) is 0.409. The summed E-state index contributed by atoms with van der Waals surface area (Å²) in [5.74, 6) is 32.8. The lowest BCUT2D eigenvalue weighted by Crippen LogP contribution is -2.06. The number of unbranched alkanes of at least 4 members (excludes halogenated alkanes) is 14. The molecule has 0 heterocycles. The molecule has 0 aromatic heterocycles. The molecule has 0 unspecified atom stereocenters. The van der Waals surface area contributed by atoms with E-state index in [9.17, 15) is 9.59 Å². The molecule has 2 aromatic rings. The molecule has 48 heavy (non-hydrogen) atoms. The van der Waals surface area contributed by atoms with Gasteiger partial charge in [-0.3, -0.25) is 0 Å². The number of hydrogen-bond donors (Lipinski definition) is 0. The van der Waals surface area contributed by atoms with Crippen LogP contribution in [0.5, 0.6) is 0 Å². The molecule has 0 aliphatic heterocycles. The molecular weight excluding hydrogens is 592 g/mol. The lowest BCUT2D eigenvalue weighted by atomic mass is 10.1. The molecule has 0 saturated carbocycles. The van der Waals surface area contributed by atoms with E-state index in [-0.39, 0.29) is 11.9 Å². The van der Waals surface area contributed by atoms with Gasteiger partial charge in [-0.2, -0.15) is 0 Å². The van der Waals surface area contributed by atoms with Crippen molar-refractivity contribution in [3.63, 3.8) is 0 Å². The summed E-state index contributed by atoms with van der Waals surface area (Å²) in [6.07, 6.45) is 17.2. The second kappa shape index (κ2) is 29.2. The van der Waals surface area contributed by atoms with Crippen LogP contribution in [0.2, 0.25) is 0 Å². The average Bonchev–Trinajstić information content (AvgIpc) is 3.12. The van der Waals surface area contributed by atoms with Crippen molar-refractivity contribution >= 4 is 11.9 Å². The van der Waals surface area contributed by atoms with Gasteiger partial charge in [-0.25, -0.2) is 9.59 Å². The van der Waals surface area contributed by atoms with Gasteiger partial charge in [0.05, 0.1) is 24.3 Å². The molecule has 0 bridgehead atoms. The van der Waals surface area contributed by atoms with Gasteiger partial charge in [-0.05, 0) is 109 Å². The Hall–Kier alpha value is -5.26. The first kappa shape index (κ1) is 38.9. The number of carbonyl (C=O) groups is 2. The van der Waals surface area contributed by atoms with Crippen LogP contribution in [-0.2, 0) is 9.47 Å². The van der Waals surface area contributed by atoms with Gasteiger partial charge in [-0.15, -0.1) is 0 Å². The highest BCUT2D eigenvalue weighted by Gasteiger charge is 2.06. The predicted octanol–water partition coefficient (Wildman–Crippen LogP) is 8.96. The average molecular weight is 639 g/mol. The molecule has 2 aromatic carbocycles. The van der Waals surface area contributed by atoms with Crippen molar-refractivity contribution in [2.75, 3.05) is 13.2 Å². The maximum absolute atomic E-state index is 11.9. The minimum atomic E-state index is -0.245. The van der Waals surface area contributed by atoms with Crippen molar-refractivity contribution in [2.24, 2.45) is 0 Å². The molecule has 0 fully saturated rings. The van der Waals surface area contributed by atoms with Crippen LogP contribution in [0.4, 0.5) is 0 Å². The Morgan fingerprint density at radius 2 is 0.667 bits per heavy atom. The van der Waals surface area contributed by atoms with Crippen molar-refractivity contribution in [3.8, 4) is 71.0 Å². The monoisotopic (exact) mass is 638 g/mol. The number of benzene rings is 2. The molecule has 4 heteroatoms. The van der Waals surface area contributed by atoms with Crippen molar-refractivity contribution < 1.29 is 19.1 Å². The summed E-state index contributed by atoms with van der Waals surface area (Å²) in [7, 11) is 0. The van der Waals surface area contributed by atoms with Gasteiger partial charge in [-0.1, -0.05) is 112 Å². The maximum Gasteiger partial charge on any atom is 0.338 e. The Balaban J connectivity index is 1.35. The molecule has 246 valence electrons. The number of carbonyl (C=O) groups excluding carboxylic acids is 2. The Bertz CT molecular complexity index is 1460. The first-order valence-electron chi connectivity index (χ1n) is 17.2. The molecule has 0 N–H and O–H groups in total. The summed E-state index contributed by atoms with van der Waals surface area (Å²) in [4.78, 5) is 23.7. The van der Waals surface area contributed by atoms with E-state index < -0.39 is 0 Å². The largest absolute Gasteiger partial charge is 0.462 e. The number of hydrogen-bond acceptors (Lipinski definition) is 4. The highest BCUT2D eigenvalue weighted by molar-refractivity contribution is 5.89. The van der Waals surface area contributed by atoms with Gasteiger partial charge in [0.1, 0.15) is 0 Å². The molecule has 0 atom stereocenters. The maximum atomic E-state index is 11.9. The summed E-state index contributed by atoms with van der Waals surface area (Å²) < 4.78 is 10.6. The summed E-state index contributed by atoms with van der Waals surface area (Å²) in [5, 5.41) is 0. The van der Waals surface area contributed by atoms with Crippen LogP contribution >= 0.6 is 0 Å². The van der Waals surface area contributed by atoms with E-state index in [1.807, 2.05) is 36.4 Å². The molecule has 0 aliphatic rings. The zero-order valence-electron chi connectivity index (χ0n) is 28.1. The summed E-state index contributed by atoms with van der Waals surface area (Å²) in [5.41, 5.74) is 1.21. The highest BCUT2D eigenvalue weighted by Crippen LogP contribution is 2.10. The zero-order valence-corrected chi connectivity index (χ0v) is 28.1. The van der Waals surface area contributed by atoms with Crippen LogP contribution in [0.15, 0.2) is 60.7 Å². The van der Waals surface area contributed by atoms with E-state index in [1.54, 1.807) is 24.3 Å². The third-order valence-corrected chi connectivity index (χ3v) is 7.12. The summed E-state index contributed by atoms with van der Waals surface area (Å²) in [6.45, 7) is 0.962. The fourth-order valence-corrected chi connectivity index (χ4v) is 4.51. The van der Waals surface area contributed by atoms with Crippen LogP contribution in [0.1, 0.15) is 123 Å². The van der Waals surface area contributed by atoms with E-state index in [2.05, 4.69) is 71.0 Å². The lowest BCUT2D eigenvalue weighted by Gasteiger charge is -2.04. The van der Waals surface area contributed by atoms with Crippen LogP contribution in [0.25, 0.3) is 0 Å². The standard InChI is InChI=1S/C44H46O4/c45-43(41-35-29-27-30-36-41)47-39-33-25-23-21-19-17-15-13-11-9-7-5-3-1-2-4-6-8-10-12-14-16-18-20-22-24-26-34-40-48-44(46)42-37-31-28-32-38-42/h27-32,35-38H,13-26,33-34,39-40H2. The van der Waals surface area contributed by atoms with E-state index in [4.69, 9.17) is 9.47 Å². The number of rotatable bonds is 20. The van der Waals surface area contributed by atoms with E-state index in [0.717, 1.165) is 77.0 Å². The van der Waals surface area contributed by atoms with E-state index in [1.165, 1.54) is 25.7 Å². The molecule has 0 amide bonds. The topological polar surface area (TPSA) is 52.6 Å². The normalized spacial score (nSPS) is 9.08. The molecule has 2 rings (SSSR count). The molecule has 0 spiro atoms. The smallest absolute Gasteiger partial charge is 0.338 e. The number of ether oxygens (including phenoxy) is 2. The van der Waals surface area contributed by atoms with Crippen molar-refractivity contribution in [1.82, 2.24) is 0 Å². The fourth-order valence-electron chi connectivity index (χ4n) is 4.51. The minimum absolute atomic E-state index is 0.245. The molecular formula is C44H46O4. The first-order chi connectivity index (χ1) is 23.8. The third kappa shape index (κ3) is 22.3. The van der Waals surface area contributed by atoms with E-state index >= 15 is 0 Å². The van der Waals surface area contributed by atoms with Crippen LogP contribution in [0.3, 0.4) is 0 Å². The molecule has 0 radical (unpaired) electrons. The van der Waals surface area contributed by atoms with Crippen molar-refractivity contribution in [2.45, 2.75) is 103 Å². The SMILES string of the molecule is O=C(OCCCCCCCCCC#CC#CC#CC#CC#CC#CCCCCCCCCCOC(=O)c1ccccc1)c1ccccc1. The quantitative estimate of drug-likeness (QED) is 0.0826. The van der Waals surface area contributed by atoms with E-state index in [0.29, 0.717) is 24.3 Å². The van der Waals surface area contributed by atoms with Gasteiger partial charge in [0.15, 0.2) is 0 Å². The van der Waals surface area contributed by atoms with Gasteiger partial charge in [0, 0.05) is 12.8 Å². The Labute approximate surface area is 289 Å². The molecule has 0 saturated heterocycles. The summed E-state index contributed by atoms with van der Waals surface area (Å²) in [6, 6.07) is 18.2. The first-order valence-corrected chi connectivity index (χ1v) is 17.2.